The molecular weight excluding hydrogens is 445 g/mol. The lowest BCUT2D eigenvalue weighted by Gasteiger charge is -2.26. The summed E-state index contributed by atoms with van der Waals surface area (Å²) in [5.74, 6) is 0.0282. The number of urea groups is 1. The quantitative estimate of drug-likeness (QED) is 0.587. The van der Waals surface area contributed by atoms with E-state index in [4.69, 9.17) is 4.74 Å². The molecule has 8 nitrogen and oxygen atoms in total. The Hall–Kier alpha value is -3.24. The third kappa shape index (κ3) is 5.40. The molecule has 1 aliphatic rings. The fraction of sp³-hybridized carbons (Fsp3) is 0.348. The van der Waals surface area contributed by atoms with Gasteiger partial charge in [0.2, 0.25) is 0 Å². The van der Waals surface area contributed by atoms with Crippen molar-refractivity contribution in [3.63, 3.8) is 0 Å². The van der Waals surface area contributed by atoms with Crippen LogP contribution in [-0.2, 0) is 10.2 Å². The van der Waals surface area contributed by atoms with Gasteiger partial charge in [0.05, 0.1) is 34.5 Å². The Morgan fingerprint density at radius 3 is 2.42 bits per heavy atom. The van der Waals surface area contributed by atoms with Gasteiger partial charge in [-0.25, -0.2) is 13.9 Å². The molecule has 0 aliphatic carbocycles. The molecule has 2 N–H and O–H groups in total. The van der Waals surface area contributed by atoms with Gasteiger partial charge in [-0.05, 0) is 36.4 Å². The standard InChI is InChI=1S/C23H26FN5O3S/c1-23(2,3)18-14-19(29(27-18)16-6-4-15(24)5-7-16)25-22(31)26-20-9-8-17(33-20)21(30)28-10-12-32-13-11-28/h4-9,14H,10-13H2,1-3H3,(H2,25,26,31). The molecule has 4 rings (SSSR count). The van der Waals surface area contributed by atoms with Crippen molar-refractivity contribution in [2.75, 3.05) is 36.9 Å². The molecule has 174 valence electrons. The normalized spacial score (nSPS) is 14.2. The maximum Gasteiger partial charge on any atom is 0.325 e. The zero-order valence-electron chi connectivity index (χ0n) is 18.7. The van der Waals surface area contributed by atoms with E-state index in [1.807, 2.05) is 20.8 Å². The number of carbonyl (C=O) groups is 2. The maximum absolute atomic E-state index is 13.4. The molecule has 3 amide bonds. The van der Waals surface area contributed by atoms with E-state index in [0.29, 0.717) is 47.7 Å². The molecule has 10 heteroatoms. The first kappa shape index (κ1) is 22.9. The first-order valence-electron chi connectivity index (χ1n) is 10.6. The number of anilines is 2. The van der Waals surface area contributed by atoms with Crippen LogP contribution in [0, 0.1) is 5.82 Å². The van der Waals surface area contributed by atoms with Crippen molar-refractivity contribution in [1.29, 1.82) is 0 Å². The Labute approximate surface area is 195 Å². The molecule has 0 bridgehead atoms. The summed E-state index contributed by atoms with van der Waals surface area (Å²) in [5.41, 5.74) is 1.15. The van der Waals surface area contributed by atoms with Crippen LogP contribution in [0.4, 0.5) is 20.0 Å². The van der Waals surface area contributed by atoms with Crippen LogP contribution >= 0.6 is 11.3 Å². The number of nitrogens with zero attached hydrogens (tertiary/aromatic N) is 3. The van der Waals surface area contributed by atoms with Crippen LogP contribution in [0.5, 0.6) is 0 Å². The van der Waals surface area contributed by atoms with Crippen LogP contribution < -0.4 is 10.6 Å². The van der Waals surface area contributed by atoms with Crippen LogP contribution in [0.3, 0.4) is 0 Å². The Bertz CT molecular complexity index is 1140. The summed E-state index contributed by atoms with van der Waals surface area (Å²) >= 11 is 1.22. The van der Waals surface area contributed by atoms with Gasteiger partial charge in [0, 0.05) is 24.6 Å². The minimum Gasteiger partial charge on any atom is -0.378 e. The highest BCUT2D eigenvalue weighted by molar-refractivity contribution is 7.18. The number of benzene rings is 1. The van der Waals surface area contributed by atoms with E-state index in [0.717, 1.165) is 5.69 Å². The van der Waals surface area contributed by atoms with Crippen LogP contribution in [0.15, 0.2) is 42.5 Å². The molecule has 33 heavy (non-hydrogen) atoms. The average molecular weight is 472 g/mol. The predicted octanol–water partition coefficient (Wildman–Crippen LogP) is 4.49. The molecule has 0 radical (unpaired) electrons. The molecule has 3 heterocycles. The Morgan fingerprint density at radius 1 is 1.06 bits per heavy atom. The Kier molecular flexibility index (Phi) is 6.48. The van der Waals surface area contributed by atoms with E-state index >= 15 is 0 Å². The van der Waals surface area contributed by atoms with Gasteiger partial charge in [0.15, 0.2) is 0 Å². The number of halogens is 1. The summed E-state index contributed by atoms with van der Waals surface area (Å²) in [5, 5.41) is 10.8. The van der Waals surface area contributed by atoms with Crippen LogP contribution in [0.1, 0.15) is 36.1 Å². The second-order valence-corrected chi connectivity index (χ2v) is 9.78. The number of amides is 3. The van der Waals surface area contributed by atoms with E-state index in [2.05, 4.69) is 15.7 Å². The lowest BCUT2D eigenvalue weighted by molar-refractivity contribution is 0.0306. The topological polar surface area (TPSA) is 88.5 Å². The zero-order chi connectivity index (χ0) is 23.6. The van der Waals surface area contributed by atoms with E-state index in [-0.39, 0.29) is 17.1 Å². The minimum absolute atomic E-state index is 0.0686. The lowest BCUT2D eigenvalue weighted by atomic mass is 9.92. The summed E-state index contributed by atoms with van der Waals surface area (Å²) in [6.07, 6.45) is 0. The second-order valence-electron chi connectivity index (χ2n) is 8.70. The fourth-order valence-corrected chi connectivity index (χ4v) is 4.19. The van der Waals surface area contributed by atoms with Gasteiger partial charge < -0.3 is 9.64 Å². The lowest BCUT2D eigenvalue weighted by Crippen LogP contribution is -2.40. The van der Waals surface area contributed by atoms with Crippen molar-refractivity contribution >= 4 is 34.1 Å². The van der Waals surface area contributed by atoms with Gasteiger partial charge in [-0.3, -0.25) is 15.4 Å². The molecule has 0 atom stereocenters. The summed E-state index contributed by atoms with van der Waals surface area (Å²) < 4.78 is 20.2. The third-order valence-corrected chi connectivity index (χ3v) is 6.13. The van der Waals surface area contributed by atoms with E-state index in [9.17, 15) is 14.0 Å². The van der Waals surface area contributed by atoms with E-state index < -0.39 is 6.03 Å². The number of rotatable bonds is 4. The smallest absolute Gasteiger partial charge is 0.325 e. The summed E-state index contributed by atoms with van der Waals surface area (Å²) in [4.78, 5) is 27.7. The minimum atomic E-state index is -0.467. The monoisotopic (exact) mass is 471 g/mol. The molecule has 0 saturated carbocycles. The molecule has 0 spiro atoms. The highest BCUT2D eigenvalue weighted by Gasteiger charge is 2.23. The Morgan fingerprint density at radius 2 is 1.76 bits per heavy atom. The number of hydrogen-bond acceptors (Lipinski definition) is 5. The Balaban J connectivity index is 1.49. The van der Waals surface area contributed by atoms with Crippen molar-refractivity contribution < 1.29 is 18.7 Å². The first-order valence-corrected chi connectivity index (χ1v) is 11.4. The van der Waals surface area contributed by atoms with Gasteiger partial charge in [0.25, 0.3) is 5.91 Å². The zero-order valence-corrected chi connectivity index (χ0v) is 19.5. The summed E-state index contributed by atoms with van der Waals surface area (Å²) in [7, 11) is 0. The molecule has 1 aromatic carbocycles. The predicted molar refractivity (Wildman–Crippen MR) is 126 cm³/mol. The number of ether oxygens (including phenoxy) is 1. The molecular formula is C23H26FN5O3S. The van der Waals surface area contributed by atoms with Gasteiger partial charge in [-0.1, -0.05) is 20.8 Å². The van der Waals surface area contributed by atoms with E-state index in [1.165, 1.54) is 23.5 Å². The highest BCUT2D eigenvalue weighted by Crippen LogP contribution is 2.27. The van der Waals surface area contributed by atoms with Crippen LogP contribution in [0.25, 0.3) is 5.69 Å². The van der Waals surface area contributed by atoms with Crippen molar-refractivity contribution in [3.05, 3.63) is 58.9 Å². The largest absolute Gasteiger partial charge is 0.378 e. The van der Waals surface area contributed by atoms with Crippen molar-refractivity contribution in [2.24, 2.45) is 0 Å². The number of hydrogen-bond donors (Lipinski definition) is 2. The van der Waals surface area contributed by atoms with E-state index in [1.54, 1.807) is 39.9 Å². The number of nitrogens with one attached hydrogen (secondary N) is 2. The van der Waals surface area contributed by atoms with Crippen molar-refractivity contribution in [2.45, 2.75) is 26.2 Å². The number of aromatic nitrogens is 2. The third-order valence-electron chi connectivity index (χ3n) is 5.14. The second kappa shape index (κ2) is 9.32. The first-order chi connectivity index (χ1) is 15.7. The average Bonchev–Trinajstić information content (AvgIpc) is 3.42. The van der Waals surface area contributed by atoms with Gasteiger partial charge in [-0.15, -0.1) is 11.3 Å². The van der Waals surface area contributed by atoms with Gasteiger partial charge in [0.1, 0.15) is 11.6 Å². The number of carbonyl (C=O) groups excluding carboxylic acids is 2. The SMILES string of the molecule is CC(C)(C)c1cc(NC(=O)Nc2ccc(C(=O)N3CCOCC3)s2)n(-c2ccc(F)cc2)n1. The summed E-state index contributed by atoms with van der Waals surface area (Å²) in [6.45, 7) is 8.24. The number of morpholine rings is 1. The van der Waals surface area contributed by atoms with Crippen LogP contribution in [0.2, 0.25) is 0 Å². The van der Waals surface area contributed by atoms with Crippen LogP contribution in [-0.4, -0.2) is 52.9 Å². The molecule has 1 aliphatic heterocycles. The molecule has 3 aromatic rings. The van der Waals surface area contributed by atoms with Gasteiger partial charge in [-0.2, -0.15) is 5.10 Å². The molecule has 1 fully saturated rings. The van der Waals surface area contributed by atoms with Crippen molar-refractivity contribution in [1.82, 2.24) is 14.7 Å². The summed E-state index contributed by atoms with van der Waals surface area (Å²) in [6, 6.07) is 10.6. The number of thiophene rings is 1. The van der Waals surface area contributed by atoms with Crippen molar-refractivity contribution in [3.8, 4) is 5.69 Å². The highest BCUT2D eigenvalue weighted by atomic mass is 32.1. The van der Waals surface area contributed by atoms with Gasteiger partial charge >= 0.3 is 6.03 Å². The molecule has 0 unspecified atom stereocenters. The molecule has 1 saturated heterocycles. The maximum atomic E-state index is 13.4. The molecule has 2 aromatic heterocycles. The fourth-order valence-electron chi connectivity index (χ4n) is 3.32.